The van der Waals surface area contributed by atoms with E-state index in [9.17, 15) is 9.59 Å². The molecule has 0 aliphatic carbocycles. The number of carbonyl (C=O) groups is 2. The summed E-state index contributed by atoms with van der Waals surface area (Å²) in [5.41, 5.74) is 2.42. The Labute approximate surface area is 75.3 Å². The Bertz CT molecular complexity index is 249. The zero-order valence-corrected chi connectivity index (χ0v) is 7.29. The second kappa shape index (κ2) is 4.56. The van der Waals surface area contributed by atoms with Crippen molar-refractivity contribution in [2.24, 2.45) is 5.10 Å². The van der Waals surface area contributed by atoms with Crippen LogP contribution in [0.1, 0.15) is 6.42 Å². The highest BCUT2D eigenvalue weighted by Gasteiger charge is 2.20. The number of nitrogens with one attached hydrogen (secondary N) is 2. The number of hydrazone groups is 1. The van der Waals surface area contributed by atoms with Gasteiger partial charge in [-0.1, -0.05) is 0 Å². The Balaban J connectivity index is 2.28. The van der Waals surface area contributed by atoms with Gasteiger partial charge in [-0.05, 0) is 0 Å². The minimum absolute atomic E-state index is 0.0544. The fourth-order valence-corrected chi connectivity index (χ4v) is 0.861. The number of hydrogen-bond acceptors (Lipinski definition) is 4. The first-order valence-corrected chi connectivity index (χ1v) is 3.86. The molecular weight excluding hydrogens is 174 g/mol. The van der Waals surface area contributed by atoms with Crippen LogP contribution in [0, 0.1) is 0 Å². The molecule has 2 amide bonds. The van der Waals surface area contributed by atoms with Crippen LogP contribution in [0.5, 0.6) is 0 Å². The van der Waals surface area contributed by atoms with Crippen molar-refractivity contribution in [2.45, 2.75) is 6.42 Å². The van der Waals surface area contributed by atoms with E-state index in [4.69, 9.17) is 4.74 Å². The van der Waals surface area contributed by atoms with Gasteiger partial charge in [0.05, 0.1) is 13.0 Å². The van der Waals surface area contributed by atoms with Gasteiger partial charge in [-0.25, -0.2) is 5.43 Å². The molecule has 0 saturated carbocycles. The summed E-state index contributed by atoms with van der Waals surface area (Å²) in [5, 5.41) is 6.12. The van der Waals surface area contributed by atoms with Gasteiger partial charge in [0.1, 0.15) is 5.71 Å². The number of carbonyl (C=O) groups excluding carboxylic acids is 2. The zero-order valence-electron chi connectivity index (χ0n) is 7.29. The Morgan fingerprint density at radius 2 is 2.54 bits per heavy atom. The standard InChI is InChI=1S/C7H11N3O3/c1-13-3-2-8-7(12)5-4-6(11)10-9-5/h2-4H2,1H3,(H,8,12)(H,10,11). The average molecular weight is 185 g/mol. The highest BCUT2D eigenvalue weighted by Crippen LogP contribution is 1.94. The van der Waals surface area contributed by atoms with Crippen LogP contribution in [0.3, 0.4) is 0 Å². The molecular formula is C7H11N3O3. The minimum Gasteiger partial charge on any atom is -0.383 e. The van der Waals surface area contributed by atoms with E-state index in [-0.39, 0.29) is 23.9 Å². The van der Waals surface area contributed by atoms with Crippen molar-refractivity contribution in [3.05, 3.63) is 0 Å². The normalized spacial score (nSPS) is 15.2. The molecule has 1 rings (SSSR count). The van der Waals surface area contributed by atoms with Crippen LogP contribution in [0.25, 0.3) is 0 Å². The van der Waals surface area contributed by atoms with E-state index in [0.717, 1.165) is 0 Å². The molecule has 0 aromatic rings. The number of methoxy groups -OCH3 is 1. The molecule has 1 heterocycles. The second-order valence-corrected chi connectivity index (χ2v) is 2.52. The van der Waals surface area contributed by atoms with Gasteiger partial charge in [-0.3, -0.25) is 9.59 Å². The highest BCUT2D eigenvalue weighted by molar-refractivity contribution is 6.43. The number of nitrogens with zero attached hydrogens (tertiary/aromatic N) is 1. The molecule has 6 heteroatoms. The van der Waals surface area contributed by atoms with Crippen molar-refractivity contribution in [3.8, 4) is 0 Å². The smallest absolute Gasteiger partial charge is 0.268 e. The van der Waals surface area contributed by atoms with Crippen molar-refractivity contribution >= 4 is 17.5 Å². The van der Waals surface area contributed by atoms with Gasteiger partial charge in [0.2, 0.25) is 5.91 Å². The lowest BCUT2D eigenvalue weighted by Crippen LogP contribution is -2.32. The Morgan fingerprint density at radius 1 is 1.77 bits per heavy atom. The quantitative estimate of drug-likeness (QED) is 0.530. The van der Waals surface area contributed by atoms with E-state index in [0.29, 0.717) is 13.2 Å². The van der Waals surface area contributed by atoms with Crippen LogP contribution in [0.2, 0.25) is 0 Å². The van der Waals surface area contributed by atoms with Gasteiger partial charge in [0.25, 0.3) is 5.91 Å². The van der Waals surface area contributed by atoms with E-state index in [2.05, 4.69) is 15.8 Å². The Morgan fingerprint density at radius 3 is 3.08 bits per heavy atom. The summed E-state index contributed by atoms with van der Waals surface area (Å²) in [6.07, 6.45) is 0.0544. The minimum atomic E-state index is -0.324. The predicted molar refractivity (Wildman–Crippen MR) is 45.1 cm³/mol. The molecule has 0 fully saturated rings. The van der Waals surface area contributed by atoms with Crippen molar-refractivity contribution in [2.75, 3.05) is 20.3 Å². The zero-order chi connectivity index (χ0) is 9.68. The van der Waals surface area contributed by atoms with Crippen LogP contribution in [-0.2, 0) is 14.3 Å². The molecule has 0 aromatic carbocycles. The lowest BCUT2D eigenvalue weighted by molar-refractivity contribution is -0.120. The van der Waals surface area contributed by atoms with Crippen LogP contribution >= 0.6 is 0 Å². The topological polar surface area (TPSA) is 79.8 Å². The number of ether oxygens (including phenoxy) is 1. The molecule has 0 atom stereocenters. The summed E-state index contributed by atoms with van der Waals surface area (Å²) in [6, 6.07) is 0. The second-order valence-electron chi connectivity index (χ2n) is 2.52. The molecule has 1 aliphatic rings. The molecule has 0 unspecified atom stereocenters. The van der Waals surface area contributed by atoms with Gasteiger partial charge < -0.3 is 10.1 Å². The van der Waals surface area contributed by atoms with E-state index in [1.807, 2.05) is 0 Å². The Hall–Kier alpha value is -1.43. The molecule has 1 aliphatic heterocycles. The summed E-state index contributed by atoms with van der Waals surface area (Å²) >= 11 is 0. The molecule has 2 N–H and O–H groups in total. The summed E-state index contributed by atoms with van der Waals surface area (Å²) in [6.45, 7) is 0.864. The lowest BCUT2D eigenvalue weighted by atomic mass is 10.2. The van der Waals surface area contributed by atoms with Gasteiger partial charge in [-0.15, -0.1) is 0 Å². The molecule has 13 heavy (non-hydrogen) atoms. The molecule has 0 saturated heterocycles. The summed E-state index contributed by atoms with van der Waals surface area (Å²) in [4.78, 5) is 21.8. The van der Waals surface area contributed by atoms with Crippen molar-refractivity contribution in [1.29, 1.82) is 0 Å². The fraction of sp³-hybridized carbons (Fsp3) is 0.571. The van der Waals surface area contributed by atoms with Crippen LogP contribution in [-0.4, -0.2) is 37.8 Å². The predicted octanol–water partition coefficient (Wildman–Crippen LogP) is -1.38. The number of rotatable bonds is 4. The molecule has 0 radical (unpaired) electrons. The van der Waals surface area contributed by atoms with E-state index in [1.165, 1.54) is 0 Å². The van der Waals surface area contributed by atoms with Crippen molar-refractivity contribution in [3.63, 3.8) is 0 Å². The molecule has 72 valence electrons. The maximum Gasteiger partial charge on any atom is 0.268 e. The third-order valence-electron chi connectivity index (χ3n) is 1.50. The first-order valence-electron chi connectivity index (χ1n) is 3.86. The van der Waals surface area contributed by atoms with E-state index >= 15 is 0 Å². The largest absolute Gasteiger partial charge is 0.383 e. The number of hydrogen-bond donors (Lipinski definition) is 2. The van der Waals surface area contributed by atoms with Gasteiger partial charge >= 0.3 is 0 Å². The first kappa shape index (κ1) is 9.66. The van der Waals surface area contributed by atoms with Crippen LogP contribution in [0.15, 0.2) is 5.10 Å². The third-order valence-corrected chi connectivity index (χ3v) is 1.50. The molecule has 6 nitrogen and oxygen atoms in total. The van der Waals surface area contributed by atoms with Crippen LogP contribution < -0.4 is 10.7 Å². The summed E-state index contributed by atoms with van der Waals surface area (Å²) in [5.74, 6) is -0.577. The third kappa shape index (κ3) is 2.83. The van der Waals surface area contributed by atoms with Crippen LogP contribution in [0.4, 0.5) is 0 Å². The van der Waals surface area contributed by atoms with E-state index in [1.54, 1.807) is 7.11 Å². The highest BCUT2D eigenvalue weighted by atomic mass is 16.5. The fourth-order valence-electron chi connectivity index (χ4n) is 0.861. The molecule has 0 spiro atoms. The van der Waals surface area contributed by atoms with Gasteiger partial charge in [0.15, 0.2) is 0 Å². The molecule has 0 bridgehead atoms. The molecule has 0 aromatic heterocycles. The summed E-state index contributed by atoms with van der Waals surface area (Å²) < 4.78 is 4.74. The Kier molecular flexibility index (Phi) is 3.39. The maximum absolute atomic E-state index is 11.2. The maximum atomic E-state index is 11.2. The lowest BCUT2D eigenvalue weighted by Gasteiger charge is -2.01. The first-order chi connectivity index (χ1) is 6.24. The van der Waals surface area contributed by atoms with E-state index < -0.39 is 0 Å². The number of amides is 2. The average Bonchev–Trinajstić information content (AvgIpc) is 2.52. The van der Waals surface area contributed by atoms with Crippen molar-refractivity contribution in [1.82, 2.24) is 10.7 Å². The summed E-state index contributed by atoms with van der Waals surface area (Å²) in [7, 11) is 1.55. The van der Waals surface area contributed by atoms with Gasteiger partial charge in [0, 0.05) is 13.7 Å². The SMILES string of the molecule is COCCNC(=O)C1=NNC(=O)C1. The van der Waals surface area contributed by atoms with Gasteiger partial charge in [-0.2, -0.15) is 5.10 Å². The van der Waals surface area contributed by atoms with Crippen molar-refractivity contribution < 1.29 is 14.3 Å². The monoisotopic (exact) mass is 185 g/mol.